The van der Waals surface area contributed by atoms with Crippen LogP contribution in [0.2, 0.25) is 0 Å². The van der Waals surface area contributed by atoms with E-state index < -0.39 is 0 Å². The topological polar surface area (TPSA) is 3.24 Å². The van der Waals surface area contributed by atoms with E-state index in [4.69, 9.17) is 0 Å². The Labute approximate surface area is 116 Å². The van der Waals surface area contributed by atoms with Gasteiger partial charge in [-0.05, 0) is 65.7 Å². The number of halogens is 2. The van der Waals surface area contributed by atoms with Crippen LogP contribution in [0.15, 0.2) is 22.7 Å². The summed E-state index contributed by atoms with van der Waals surface area (Å²) >= 11 is 3.38. The minimum atomic E-state index is -0.146. The van der Waals surface area contributed by atoms with E-state index in [9.17, 15) is 4.39 Å². The van der Waals surface area contributed by atoms with E-state index in [0.29, 0.717) is 4.47 Å². The van der Waals surface area contributed by atoms with Crippen LogP contribution in [0, 0.1) is 11.7 Å². The lowest BCUT2D eigenvalue weighted by Crippen LogP contribution is -2.41. The highest BCUT2D eigenvalue weighted by molar-refractivity contribution is 9.10. The van der Waals surface area contributed by atoms with Gasteiger partial charge in [0.1, 0.15) is 5.82 Å². The average Bonchev–Trinajstić information content (AvgIpc) is 2.84. The molecule has 1 nitrogen and oxygen atoms in total. The van der Waals surface area contributed by atoms with Gasteiger partial charge in [-0.3, -0.25) is 4.90 Å². The summed E-state index contributed by atoms with van der Waals surface area (Å²) in [6.45, 7) is 2.06. The normalized spacial score (nSPS) is 28.3. The van der Waals surface area contributed by atoms with Crippen molar-refractivity contribution in [2.45, 2.75) is 44.7 Å². The zero-order valence-electron chi connectivity index (χ0n) is 10.5. The zero-order valence-corrected chi connectivity index (χ0v) is 12.1. The Hall–Kier alpha value is -0.410. The Morgan fingerprint density at radius 3 is 2.94 bits per heavy atom. The Morgan fingerprint density at radius 1 is 1.22 bits per heavy atom. The molecular formula is C15H19BrFN. The van der Waals surface area contributed by atoms with Crippen LogP contribution in [-0.2, 0) is 6.54 Å². The number of fused-ring (bicyclic) bond motifs is 1. The lowest BCUT2D eigenvalue weighted by molar-refractivity contribution is 0.105. The number of hydrogen-bond donors (Lipinski definition) is 0. The molecule has 3 rings (SSSR count). The molecule has 18 heavy (non-hydrogen) atoms. The standard InChI is InChI=1S/C15H19BrFN/c16-15-12(5-1-7-13(15)17)10-18-9-3-6-11-4-2-8-14(11)18/h1,5,7,11,14H,2-4,6,8-10H2. The first-order chi connectivity index (χ1) is 8.75. The molecule has 2 unspecified atom stereocenters. The van der Waals surface area contributed by atoms with Crippen molar-refractivity contribution in [3.05, 3.63) is 34.1 Å². The van der Waals surface area contributed by atoms with Gasteiger partial charge in [-0.15, -0.1) is 0 Å². The minimum Gasteiger partial charge on any atom is -0.296 e. The van der Waals surface area contributed by atoms with Crippen molar-refractivity contribution in [1.82, 2.24) is 4.90 Å². The Bertz CT molecular complexity index is 435. The number of benzene rings is 1. The van der Waals surface area contributed by atoms with Crippen LogP contribution in [-0.4, -0.2) is 17.5 Å². The third-order valence-electron chi connectivity index (χ3n) is 4.51. The number of nitrogens with zero attached hydrogens (tertiary/aromatic N) is 1. The summed E-state index contributed by atoms with van der Waals surface area (Å²) in [5.41, 5.74) is 1.09. The molecule has 98 valence electrons. The maximum Gasteiger partial charge on any atom is 0.137 e. The van der Waals surface area contributed by atoms with E-state index in [1.165, 1.54) is 44.7 Å². The molecular weight excluding hydrogens is 293 g/mol. The fourth-order valence-electron chi connectivity index (χ4n) is 3.64. The summed E-state index contributed by atoms with van der Waals surface area (Å²) in [6, 6.07) is 6.10. The van der Waals surface area contributed by atoms with Crippen LogP contribution in [0.3, 0.4) is 0 Å². The van der Waals surface area contributed by atoms with E-state index in [1.807, 2.05) is 12.1 Å². The molecule has 1 heterocycles. The van der Waals surface area contributed by atoms with Gasteiger partial charge >= 0.3 is 0 Å². The molecule has 3 heteroatoms. The maximum absolute atomic E-state index is 13.5. The van der Waals surface area contributed by atoms with Gasteiger partial charge in [0.05, 0.1) is 4.47 Å². The first-order valence-corrected chi connectivity index (χ1v) is 7.72. The van der Waals surface area contributed by atoms with Crippen LogP contribution >= 0.6 is 15.9 Å². The Kier molecular flexibility index (Phi) is 3.71. The highest BCUT2D eigenvalue weighted by Gasteiger charge is 2.34. The second-order valence-corrected chi connectivity index (χ2v) is 6.38. The summed E-state index contributed by atoms with van der Waals surface area (Å²) in [5, 5.41) is 0. The summed E-state index contributed by atoms with van der Waals surface area (Å²) in [7, 11) is 0. The number of hydrogen-bond acceptors (Lipinski definition) is 1. The van der Waals surface area contributed by atoms with Gasteiger partial charge < -0.3 is 0 Å². The van der Waals surface area contributed by atoms with Crippen LogP contribution in [0.5, 0.6) is 0 Å². The molecule has 1 saturated heterocycles. The quantitative estimate of drug-likeness (QED) is 0.784. The van der Waals surface area contributed by atoms with Crippen molar-refractivity contribution in [3.63, 3.8) is 0 Å². The molecule has 0 amide bonds. The van der Waals surface area contributed by atoms with E-state index >= 15 is 0 Å². The fourth-order valence-corrected chi connectivity index (χ4v) is 4.03. The number of rotatable bonds is 2. The predicted molar refractivity (Wildman–Crippen MR) is 74.9 cm³/mol. The van der Waals surface area contributed by atoms with Crippen molar-refractivity contribution in [1.29, 1.82) is 0 Å². The van der Waals surface area contributed by atoms with E-state index in [2.05, 4.69) is 20.8 Å². The molecule has 0 aromatic heterocycles. The molecule has 2 atom stereocenters. The minimum absolute atomic E-state index is 0.146. The third kappa shape index (κ3) is 2.35. The Balaban J connectivity index is 1.77. The highest BCUT2D eigenvalue weighted by Crippen LogP contribution is 2.38. The molecule has 0 N–H and O–H groups in total. The second kappa shape index (κ2) is 5.30. The second-order valence-electron chi connectivity index (χ2n) is 5.58. The molecule has 0 bridgehead atoms. The first kappa shape index (κ1) is 12.6. The largest absolute Gasteiger partial charge is 0.296 e. The molecule has 0 radical (unpaired) electrons. The van der Waals surface area contributed by atoms with Gasteiger partial charge in [0.15, 0.2) is 0 Å². The van der Waals surface area contributed by atoms with Crippen LogP contribution in [0.4, 0.5) is 4.39 Å². The van der Waals surface area contributed by atoms with Crippen molar-refractivity contribution in [2.24, 2.45) is 5.92 Å². The van der Waals surface area contributed by atoms with E-state index in [0.717, 1.165) is 24.1 Å². The summed E-state index contributed by atoms with van der Waals surface area (Å²) in [4.78, 5) is 2.57. The summed E-state index contributed by atoms with van der Waals surface area (Å²) in [5.74, 6) is 0.749. The number of piperidine rings is 1. The molecule has 1 aromatic carbocycles. The van der Waals surface area contributed by atoms with E-state index in [1.54, 1.807) is 0 Å². The van der Waals surface area contributed by atoms with Crippen LogP contribution in [0.1, 0.15) is 37.7 Å². The SMILES string of the molecule is Fc1cccc(CN2CCCC3CCCC32)c1Br. The molecule has 0 spiro atoms. The van der Waals surface area contributed by atoms with Crippen LogP contribution < -0.4 is 0 Å². The fraction of sp³-hybridized carbons (Fsp3) is 0.600. The molecule has 2 fully saturated rings. The van der Waals surface area contributed by atoms with Gasteiger partial charge in [0.25, 0.3) is 0 Å². The lowest BCUT2D eigenvalue weighted by Gasteiger charge is -2.38. The Morgan fingerprint density at radius 2 is 2.06 bits per heavy atom. The van der Waals surface area contributed by atoms with Crippen molar-refractivity contribution >= 4 is 15.9 Å². The maximum atomic E-state index is 13.5. The average molecular weight is 312 g/mol. The van der Waals surface area contributed by atoms with E-state index in [-0.39, 0.29) is 5.82 Å². The third-order valence-corrected chi connectivity index (χ3v) is 5.40. The summed E-state index contributed by atoms with van der Waals surface area (Å²) in [6.07, 6.45) is 6.79. The van der Waals surface area contributed by atoms with Gasteiger partial charge in [-0.1, -0.05) is 18.6 Å². The smallest absolute Gasteiger partial charge is 0.137 e. The molecule has 1 aromatic rings. The first-order valence-electron chi connectivity index (χ1n) is 6.92. The van der Waals surface area contributed by atoms with Gasteiger partial charge in [-0.2, -0.15) is 0 Å². The van der Waals surface area contributed by atoms with Gasteiger partial charge in [-0.25, -0.2) is 4.39 Å². The molecule has 1 aliphatic carbocycles. The molecule has 1 aliphatic heterocycles. The van der Waals surface area contributed by atoms with Crippen molar-refractivity contribution in [3.8, 4) is 0 Å². The summed E-state index contributed by atoms with van der Waals surface area (Å²) < 4.78 is 14.2. The number of likely N-dealkylation sites (tertiary alicyclic amines) is 1. The molecule has 1 saturated carbocycles. The predicted octanol–water partition coefficient (Wildman–Crippen LogP) is 4.35. The molecule has 2 aliphatic rings. The monoisotopic (exact) mass is 311 g/mol. The van der Waals surface area contributed by atoms with Crippen LogP contribution in [0.25, 0.3) is 0 Å². The van der Waals surface area contributed by atoms with Gasteiger partial charge in [0.2, 0.25) is 0 Å². The lowest BCUT2D eigenvalue weighted by atomic mass is 9.91. The highest BCUT2D eigenvalue weighted by atomic mass is 79.9. The van der Waals surface area contributed by atoms with Crippen molar-refractivity contribution < 1.29 is 4.39 Å². The zero-order chi connectivity index (χ0) is 12.5. The van der Waals surface area contributed by atoms with Gasteiger partial charge in [0, 0.05) is 12.6 Å². The van der Waals surface area contributed by atoms with Crippen molar-refractivity contribution in [2.75, 3.05) is 6.54 Å².